The number of hydrogen-bond donors (Lipinski definition) is 3. The molecule has 4 fully saturated rings. The maximum atomic E-state index is 6.79. The Balaban J connectivity index is 1.10. The fraction of sp³-hybridized carbons (Fsp3) is 0.818. The molecule has 1 saturated carbocycles. The van der Waals surface area contributed by atoms with Crippen LogP contribution in [0, 0.1) is 0 Å². The van der Waals surface area contributed by atoms with E-state index in [4.69, 9.17) is 19.3 Å². The van der Waals surface area contributed by atoms with Crippen LogP contribution in [0.3, 0.4) is 0 Å². The second-order valence-electron chi connectivity index (χ2n) is 14.0. The Morgan fingerprint density at radius 3 is 2.30 bits per heavy atom. The highest BCUT2D eigenvalue weighted by atomic mass is 16.7. The van der Waals surface area contributed by atoms with Gasteiger partial charge in [0.2, 0.25) is 0 Å². The van der Waals surface area contributed by atoms with Crippen molar-refractivity contribution >= 4 is 0 Å². The predicted molar refractivity (Wildman–Crippen MR) is 171 cm³/mol. The van der Waals surface area contributed by atoms with Crippen LogP contribution in [0.1, 0.15) is 98.2 Å². The normalized spacial score (nSPS) is 30.9. The fourth-order valence-electron chi connectivity index (χ4n) is 7.99. The Kier molecular flexibility index (Phi) is 10.4. The van der Waals surface area contributed by atoms with Gasteiger partial charge in [0, 0.05) is 87.0 Å². The number of nitrogens with one attached hydrogen (secondary N) is 3. The summed E-state index contributed by atoms with van der Waals surface area (Å²) >= 11 is 0. The number of ether oxygens (including phenoxy) is 3. The number of aromatic nitrogens is 4. The lowest BCUT2D eigenvalue weighted by Gasteiger charge is -2.38. The van der Waals surface area contributed by atoms with Crippen molar-refractivity contribution in [2.24, 2.45) is 0 Å². The van der Waals surface area contributed by atoms with Crippen LogP contribution in [0.25, 0.3) is 0 Å². The zero-order chi connectivity index (χ0) is 30.6. The summed E-state index contributed by atoms with van der Waals surface area (Å²) in [5, 5.41) is 19.6. The average molecular weight is 613 g/mol. The maximum Gasteiger partial charge on any atom is 0.168 e. The first-order chi connectivity index (χ1) is 21.4. The molecule has 5 unspecified atom stereocenters. The van der Waals surface area contributed by atoms with Gasteiger partial charge in [-0.05, 0) is 73.1 Å². The van der Waals surface area contributed by atoms with Crippen LogP contribution in [0.2, 0.25) is 0 Å². The Labute approximate surface area is 263 Å². The van der Waals surface area contributed by atoms with Gasteiger partial charge in [-0.2, -0.15) is 10.2 Å². The van der Waals surface area contributed by atoms with Crippen molar-refractivity contribution in [3.05, 3.63) is 34.9 Å². The van der Waals surface area contributed by atoms with Crippen LogP contribution in [-0.2, 0) is 27.3 Å². The van der Waals surface area contributed by atoms with E-state index in [2.05, 4.69) is 55.6 Å². The first-order valence-corrected chi connectivity index (χ1v) is 17.1. The first-order valence-electron chi connectivity index (χ1n) is 17.1. The third kappa shape index (κ3) is 7.24. The van der Waals surface area contributed by atoms with Gasteiger partial charge < -0.3 is 34.6 Å². The molecule has 3 aliphatic heterocycles. The van der Waals surface area contributed by atoms with E-state index >= 15 is 0 Å². The van der Waals surface area contributed by atoms with E-state index in [1.54, 1.807) is 0 Å². The summed E-state index contributed by atoms with van der Waals surface area (Å²) < 4.78 is 21.5. The molecule has 3 N–H and O–H groups in total. The van der Waals surface area contributed by atoms with Crippen molar-refractivity contribution < 1.29 is 14.2 Å². The third-order valence-electron chi connectivity index (χ3n) is 10.7. The first kappa shape index (κ1) is 32.1. The molecule has 246 valence electrons. The second kappa shape index (κ2) is 14.3. The van der Waals surface area contributed by atoms with Crippen LogP contribution in [0.15, 0.2) is 12.4 Å². The van der Waals surface area contributed by atoms with Gasteiger partial charge in [0.15, 0.2) is 5.79 Å². The highest BCUT2D eigenvalue weighted by Crippen LogP contribution is 2.48. The number of hydrogen-bond acceptors (Lipinski definition) is 9. The Morgan fingerprint density at radius 2 is 1.64 bits per heavy atom. The molecule has 1 aliphatic carbocycles. The summed E-state index contributed by atoms with van der Waals surface area (Å²) in [5.74, 6) is 0.363. The summed E-state index contributed by atoms with van der Waals surface area (Å²) in [6, 6.07) is 0.374. The molecule has 0 radical (unpaired) electrons. The number of likely N-dealkylation sites (N-methyl/N-ethyl adjacent to an activating group) is 4. The van der Waals surface area contributed by atoms with Crippen molar-refractivity contribution in [2.75, 3.05) is 74.2 Å². The number of rotatable bonds is 13. The number of aromatic amines is 1. The summed E-state index contributed by atoms with van der Waals surface area (Å²) in [6.45, 7) is 8.07. The van der Waals surface area contributed by atoms with E-state index < -0.39 is 0 Å². The number of nitrogens with zero attached hydrogens (tertiary/aromatic N) is 5. The SMILES string of the molecule is CNCCN(C)Cc1cn(C2CCC3(CCC(c4[nH]ncc4CN(C)CCNC)CO3)C2)nc1C1CCC2(CCCO2)OC1. The average Bonchev–Trinajstić information content (AvgIpc) is 3.85. The lowest BCUT2D eigenvalue weighted by atomic mass is 9.85. The lowest BCUT2D eigenvalue weighted by Crippen LogP contribution is -2.38. The zero-order valence-corrected chi connectivity index (χ0v) is 27.6. The van der Waals surface area contributed by atoms with Gasteiger partial charge in [-0.15, -0.1) is 0 Å². The summed E-state index contributed by atoms with van der Waals surface area (Å²) in [4.78, 5) is 4.75. The van der Waals surface area contributed by atoms with Gasteiger partial charge in [-0.3, -0.25) is 9.78 Å². The van der Waals surface area contributed by atoms with E-state index in [-0.39, 0.29) is 11.4 Å². The smallest absolute Gasteiger partial charge is 0.168 e. The molecule has 5 heterocycles. The topological polar surface area (TPSA) is 105 Å². The van der Waals surface area contributed by atoms with E-state index in [9.17, 15) is 0 Å². The van der Waals surface area contributed by atoms with Gasteiger partial charge in [-0.25, -0.2) is 0 Å². The van der Waals surface area contributed by atoms with Crippen molar-refractivity contribution in [2.45, 2.75) is 100 Å². The molecule has 4 aliphatic rings. The standard InChI is InChI=1S/C33H56N8O3/c1-34-13-15-39(3)20-27-19-36-37-30(27)25-6-10-32(43-23-25)11-8-29(18-32)41-22-28(21-40(4)16-14-35-2)31(38-41)26-7-12-33(44-24-26)9-5-17-42-33/h19,22,25-26,29,34-35H,5-18,20-21,23-24H2,1-4H3,(H,36,37). The minimum atomic E-state index is -0.337. The summed E-state index contributed by atoms with van der Waals surface area (Å²) in [7, 11) is 8.40. The molecule has 2 aromatic heterocycles. The minimum Gasteiger partial charge on any atom is -0.374 e. The molecule has 5 atom stereocenters. The van der Waals surface area contributed by atoms with Crippen molar-refractivity contribution in [3.8, 4) is 0 Å². The molecule has 11 heteroatoms. The quantitative estimate of drug-likeness (QED) is 0.314. The summed E-state index contributed by atoms with van der Waals surface area (Å²) in [6.07, 6.45) is 14.0. The van der Waals surface area contributed by atoms with Crippen molar-refractivity contribution in [3.63, 3.8) is 0 Å². The minimum absolute atomic E-state index is 0.0407. The molecule has 44 heavy (non-hydrogen) atoms. The fourth-order valence-corrected chi connectivity index (χ4v) is 7.99. The molecule has 0 amide bonds. The Hall–Kier alpha value is -1.86. The molecular formula is C33H56N8O3. The molecule has 2 aromatic rings. The molecule has 6 rings (SSSR count). The molecule has 2 spiro atoms. The lowest BCUT2D eigenvalue weighted by molar-refractivity contribution is -0.234. The van der Waals surface area contributed by atoms with E-state index in [1.165, 1.54) is 22.5 Å². The van der Waals surface area contributed by atoms with Crippen LogP contribution in [0.5, 0.6) is 0 Å². The molecule has 3 saturated heterocycles. The third-order valence-corrected chi connectivity index (χ3v) is 10.7. The van der Waals surface area contributed by atoms with Crippen molar-refractivity contribution in [1.82, 2.24) is 40.4 Å². The Morgan fingerprint density at radius 1 is 0.909 bits per heavy atom. The second-order valence-corrected chi connectivity index (χ2v) is 14.0. The van der Waals surface area contributed by atoms with E-state index in [1.807, 2.05) is 20.3 Å². The maximum absolute atomic E-state index is 6.79. The summed E-state index contributed by atoms with van der Waals surface area (Å²) in [5.41, 5.74) is 5.09. The predicted octanol–water partition coefficient (Wildman–Crippen LogP) is 3.37. The van der Waals surface area contributed by atoms with Crippen LogP contribution in [0.4, 0.5) is 0 Å². The van der Waals surface area contributed by atoms with Crippen LogP contribution >= 0.6 is 0 Å². The zero-order valence-electron chi connectivity index (χ0n) is 27.6. The van der Waals surface area contributed by atoms with Gasteiger partial charge in [0.25, 0.3) is 0 Å². The van der Waals surface area contributed by atoms with Crippen LogP contribution < -0.4 is 10.6 Å². The molecule has 11 nitrogen and oxygen atoms in total. The largest absolute Gasteiger partial charge is 0.374 e. The van der Waals surface area contributed by atoms with Crippen LogP contribution in [-0.4, -0.2) is 115 Å². The highest BCUT2D eigenvalue weighted by Gasteiger charge is 2.45. The Bertz CT molecular complexity index is 1180. The highest BCUT2D eigenvalue weighted by molar-refractivity contribution is 5.24. The molecular weight excluding hydrogens is 556 g/mol. The van der Waals surface area contributed by atoms with E-state index in [0.29, 0.717) is 24.5 Å². The van der Waals surface area contributed by atoms with Crippen molar-refractivity contribution in [1.29, 1.82) is 0 Å². The number of H-pyrrole nitrogens is 1. The van der Waals surface area contributed by atoms with Gasteiger partial charge in [0.1, 0.15) is 0 Å². The van der Waals surface area contributed by atoms with E-state index in [0.717, 1.165) is 110 Å². The molecule has 0 bridgehead atoms. The van der Waals surface area contributed by atoms with Gasteiger partial charge >= 0.3 is 0 Å². The van der Waals surface area contributed by atoms with Gasteiger partial charge in [-0.1, -0.05) is 0 Å². The van der Waals surface area contributed by atoms with Gasteiger partial charge in [0.05, 0.1) is 43.4 Å². The molecule has 0 aromatic carbocycles. The monoisotopic (exact) mass is 612 g/mol.